The molecule has 0 radical (unpaired) electrons. The third-order valence-electron chi connectivity index (χ3n) is 3.55. The normalized spacial score (nSPS) is 18.0. The number of aromatic carboxylic acids is 1. The number of halogens is 1. The predicted octanol–water partition coefficient (Wildman–Crippen LogP) is 2.54. The molecule has 19 heavy (non-hydrogen) atoms. The highest BCUT2D eigenvalue weighted by molar-refractivity contribution is 6.29. The van der Waals surface area contributed by atoms with Gasteiger partial charge in [-0.3, -0.25) is 0 Å². The number of anilines is 1. The van der Waals surface area contributed by atoms with Crippen molar-refractivity contribution < 1.29 is 15.0 Å². The Hall–Kier alpha value is -1.33. The zero-order valence-corrected chi connectivity index (χ0v) is 11.3. The summed E-state index contributed by atoms with van der Waals surface area (Å²) in [4.78, 5) is 15.1. The molecule has 1 fully saturated rings. The van der Waals surface area contributed by atoms with Crippen LogP contribution in [0, 0.1) is 0 Å². The maximum absolute atomic E-state index is 11.0. The van der Waals surface area contributed by atoms with E-state index in [2.05, 4.69) is 10.3 Å². The van der Waals surface area contributed by atoms with Gasteiger partial charge in [-0.05, 0) is 25.0 Å². The maximum atomic E-state index is 11.0. The number of aromatic nitrogens is 1. The molecule has 1 aromatic heterocycles. The van der Waals surface area contributed by atoms with Crippen molar-refractivity contribution in [3.05, 3.63) is 22.8 Å². The minimum absolute atomic E-state index is 0.00357. The van der Waals surface area contributed by atoms with Crippen molar-refractivity contribution in [2.24, 2.45) is 0 Å². The molecule has 0 atom stereocenters. The van der Waals surface area contributed by atoms with E-state index < -0.39 is 11.5 Å². The molecule has 104 valence electrons. The Kier molecular flexibility index (Phi) is 4.27. The first-order valence-corrected chi connectivity index (χ1v) is 6.72. The van der Waals surface area contributed by atoms with Gasteiger partial charge >= 0.3 is 5.97 Å². The summed E-state index contributed by atoms with van der Waals surface area (Å²) in [6.45, 7) is 0.00357. The molecule has 0 saturated heterocycles. The fourth-order valence-electron chi connectivity index (χ4n) is 2.51. The topological polar surface area (TPSA) is 82.5 Å². The summed E-state index contributed by atoms with van der Waals surface area (Å²) in [6.07, 6.45) is 4.94. The van der Waals surface area contributed by atoms with Crippen LogP contribution in [-0.4, -0.2) is 33.3 Å². The first kappa shape index (κ1) is 14.1. The van der Waals surface area contributed by atoms with Crippen molar-refractivity contribution in [1.29, 1.82) is 0 Å². The Labute approximate surface area is 116 Å². The van der Waals surface area contributed by atoms with Gasteiger partial charge in [0.2, 0.25) is 0 Å². The van der Waals surface area contributed by atoms with Gasteiger partial charge in [-0.2, -0.15) is 0 Å². The molecule has 2 rings (SSSR count). The summed E-state index contributed by atoms with van der Waals surface area (Å²) in [5.41, 5.74) is -0.322. The van der Waals surface area contributed by atoms with Crippen LogP contribution in [0.25, 0.3) is 0 Å². The number of nitrogens with zero attached hydrogens (tertiary/aromatic N) is 1. The number of aliphatic hydroxyl groups excluding tert-OH is 1. The SMILES string of the molecule is O=C(O)c1cc(Cl)nc(NC2(CO)CCCCC2)c1. The third-order valence-corrected chi connectivity index (χ3v) is 3.74. The largest absolute Gasteiger partial charge is 0.478 e. The lowest BCUT2D eigenvalue weighted by molar-refractivity contribution is 0.0696. The van der Waals surface area contributed by atoms with E-state index in [0.29, 0.717) is 5.82 Å². The Bertz CT molecular complexity index is 473. The van der Waals surface area contributed by atoms with Gasteiger partial charge in [-0.15, -0.1) is 0 Å². The molecule has 0 amide bonds. The van der Waals surface area contributed by atoms with Gasteiger partial charge in [0.1, 0.15) is 11.0 Å². The van der Waals surface area contributed by atoms with E-state index in [1.54, 1.807) is 0 Å². The molecule has 0 aliphatic heterocycles. The average Bonchev–Trinajstić information content (AvgIpc) is 2.39. The van der Waals surface area contributed by atoms with Crippen molar-refractivity contribution in [1.82, 2.24) is 4.98 Å². The Balaban J connectivity index is 2.23. The van der Waals surface area contributed by atoms with Crippen molar-refractivity contribution in [3.63, 3.8) is 0 Å². The van der Waals surface area contributed by atoms with Crippen molar-refractivity contribution in [3.8, 4) is 0 Å². The highest BCUT2D eigenvalue weighted by Gasteiger charge is 2.31. The molecule has 1 heterocycles. The van der Waals surface area contributed by atoms with Crippen molar-refractivity contribution in [2.75, 3.05) is 11.9 Å². The molecule has 0 aromatic carbocycles. The first-order chi connectivity index (χ1) is 9.04. The summed E-state index contributed by atoms with van der Waals surface area (Å²) in [7, 11) is 0. The van der Waals surface area contributed by atoms with E-state index in [9.17, 15) is 9.90 Å². The molecule has 3 N–H and O–H groups in total. The summed E-state index contributed by atoms with van der Waals surface area (Å²) < 4.78 is 0. The Morgan fingerprint density at radius 2 is 2.05 bits per heavy atom. The molecule has 0 unspecified atom stereocenters. The Morgan fingerprint density at radius 3 is 2.63 bits per heavy atom. The van der Waals surface area contributed by atoms with E-state index in [1.165, 1.54) is 12.1 Å². The van der Waals surface area contributed by atoms with Gasteiger partial charge in [0.15, 0.2) is 0 Å². The second kappa shape index (κ2) is 5.75. The number of hydrogen-bond donors (Lipinski definition) is 3. The van der Waals surface area contributed by atoms with E-state index >= 15 is 0 Å². The zero-order valence-electron chi connectivity index (χ0n) is 10.5. The number of carboxylic acids is 1. The van der Waals surface area contributed by atoms with Crippen molar-refractivity contribution >= 4 is 23.4 Å². The highest BCUT2D eigenvalue weighted by Crippen LogP contribution is 2.31. The van der Waals surface area contributed by atoms with Crippen LogP contribution in [0.1, 0.15) is 42.5 Å². The quantitative estimate of drug-likeness (QED) is 0.740. The molecule has 1 aliphatic carbocycles. The van der Waals surface area contributed by atoms with E-state index in [4.69, 9.17) is 16.7 Å². The highest BCUT2D eigenvalue weighted by atomic mass is 35.5. The monoisotopic (exact) mass is 284 g/mol. The van der Waals surface area contributed by atoms with Gasteiger partial charge in [0.05, 0.1) is 17.7 Å². The number of carboxylic acid groups (broad SMARTS) is 1. The summed E-state index contributed by atoms with van der Waals surface area (Å²) >= 11 is 5.82. The van der Waals surface area contributed by atoms with E-state index in [-0.39, 0.29) is 17.3 Å². The van der Waals surface area contributed by atoms with E-state index in [0.717, 1.165) is 32.1 Å². The number of pyridine rings is 1. The molecule has 6 heteroatoms. The third kappa shape index (κ3) is 3.36. The van der Waals surface area contributed by atoms with Crippen LogP contribution in [0.15, 0.2) is 12.1 Å². The minimum atomic E-state index is -1.05. The second-order valence-corrected chi connectivity index (χ2v) is 5.38. The van der Waals surface area contributed by atoms with E-state index in [1.807, 2.05) is 0 Å². The number of rotatable bonds is 4. The van der Waals surface area contributed by atoms with Crippen molar-refractivity contribution in [2.45, 2.75) is 37.6 Å². The molecule has 0 bridgehead atoms. The fourth-order valence-corrected chi connectivity index (χ4v) is 2.72. The van der Waals surface area contributed by atoms with Crippen LogP contribution in [0.2, 0.25) is 5.15 Å². The van der Waals surface area contributed by atoms with Crippen LogP contribution < -0.4 is 5.32 Å². The fraction of sp³-hybridized carbons (Fsp3) is 0.538. The average molecular weight is 285 g/mol. The van der Waals surface area contributed by atoms with Crippen LogP contribution in [-0.2, 0) is 0 Å². The number of carbonyl (C=O) groups is 1. The summed E-state index contributed by atoms with van der Waals surface area (Å²) in [6, 6.07) is 2.75. The maximum Gasteiger partial charge on any atom is 0.335 e. The standard InChI is InChI=1S/C13H17ClN2O3/c14-10-6-9(12(18)19)7-11(15-10)16-13(8-17)4-2-1-3-5-13/h6-7,17H,1-5,8H2,(H,15,16)(H,18,19). The lowest BCUT2D eigenvalue weighted by Gasteiger charge is -2.37. The number of hydrogen-bond acceptors (Lipinski definition) is 4. The molecule has 0 spiro atoms. The summed E-state index contributed by atoms with van der Waals surface area (Å²) in [5.74, 6) is -0.644. The van der Waals surface area contributed by atoms with Gasteiger partial charge in [0, 0.05) is 0 Å². The molecule has 1 aliphatic rings. The van der Waals surface area contributed by atoms with Crippen LogP contribution in [0.4, 0.5) is 5.82 Å². The predicted molar refractivity (Wildman–Crippen MR) is 72.7 cm³/mol. The first-order valence-electron chi connectivity index (χ1n) is 6.35. The number of aliphatic hydroxyl groups is 1. The molecular weight excluding hydrogens is 268 g/mol. The van der Waals surface area contributed by atoms with Crippen LogP contribution >= 0.6 is 11.6 Å². The molecular formula is C13H17ClN2O3. The van der Waals surface area contributed by atoms with Gasteiger partial charge in [0.25, 0.3) is 0 Å². The molecule has 1 aromatic rings. The molecule has 1 saturated carbocycles. The van der Waals surface area contributed by atoms with Gasteiger partial charge in [-0.1, -0.05) is 30.9 Å². The smallest absolute Gasteiger partial charge is 0.335 e. The van der Waals surface area contributed by atoms with Crippen LogP contribution in [0.3, 0.4) is 0 Å². The Morgan fingerprint density at radius 1 is 1.37 bits per heavy atom. The van der Waals surface area contributed by atoms with Gasteiger partial charge in [-0.25, -0.2) is 9.78 Å². The molecule has 5 nitrogen and oxygen atoms in total. The van der Waals surface area contributed by atoms with Crippen LogP contribution in [0.5, 0.6) is 0 Å². The van der Waals surface area contributed by atoms with Gasteiger partial charge < -0.3 is 15.5 Å². The number of nitrogens with one attached hydrogen (secondary N) is 1. The lowest BCUT2D eigenvalue weighted by atomic mass is 9.82. The minimum Gasteiger partial charge on any atom is -0.478 e. The second-order valence-electron chi connectivity index (χ2n) is 4.99. The summed E-state index contributed by atoms with van der Waals surface area (Å²) in [5, 5.41) is 21.9. The zero-order chi connectivity index (χ0) is 13.9. The lowest BCUT2D eigenvalue weighted by Crippen LogP contribution is -2.44.